The van der Waals surface area contributed by atoms with E-state index in [4.69, 9.17) is 0 Å². The van der Waals surface area contributed by atoms with Crippen molar-refractivity contribution in [2.75, 3.05) is 13.1 Å². The van der Waals surface area contributed by atoms with Gasteiger partial charge in [0.15, 0.2) is 0 Å². The predicted molar refractivity (Wildman–Crippen MR) is 65.3 cm³/mol. The van der Waals surface area contributed by atoms with Crippen LogP contribution in [0.3, 0.4) is 0 Å². The van der Waals surface area contributed by atoms with E-state index >= 15 is 0 Å². The first-order valence-corrected chi connectivity index (χ1v) is 6.16. The second-order valence-electron chi connectivity index (χ2n) is 4.76. The van der Waals surface area contributed by atoms with Crippen molar-refractivity contribution in [3.05, 3.63) is 29.8 Å². The molecule has 0 aliphatic carbocycles. The summed E-state index contributed by atoms with van der Waals surface area (Å²) in [5.41, 5.74) is 1.65. The highest BCUT2D eigenvalue weighted by Gasteiger charge is 2.15. The summed E-state index contributed by atoms with van der Waals surface area (Å²) in [5, 5.41) is 3.40. The number of piperidine rings is 1. The number of hydrogen-bond acceptors (Lipinski definition) is 2. The van der Waals surface area contributed by atoms with Gasteiger partial charge in [-0.2, -0.15) is 0 Å². The third-order valence-electron chi connectivity index (χ3n) is 3.37. The van der Waals surface area contributed by atoms with Crippen molar-refractivity contribution in [2.24, 2.45) is 5.92 Å². The van der Waals surface area contributed by atoms with Crippen LogP contribution in [0.2, 0.25) is 0 Å². The third kappa shape index (κ3) is 2.31. The topological polar surface area (TPSA) is 40.7 Å². The average Bonchev–Trinajstić information content (AvgIpc) is 2.71. The number of aromatic nitrogens is 2. The van der Waals surface area contributed by atoms with Crippen molar-refractivity contribution >= 4 is 11.0 Å². The molecule has 90 valence electrons. The van der Waals surface area contributed by atoms with Gasteiger partial charge in [0.05, 0.1) is 11.0 Å². The summed E-state index contributed by atoms with van der Waals surface area (Å²) in [5.74, 6) is 1.40. The van der Waals surface area contributed by atoms with E-state index in [2.05, 4.69) is 15.3 Å². The number of aromatic amines is 1. The Balaban J connectivity index is 1.80. The molecule has 2 aromatic rings. The fraction of sp³-hybridized carbons (Fsp3) is 0.462. The number of imidazole rings is 1. The summed E-state index contributed by atoms with van der Waals surface area (Å²) < 4.78 is 13.0. The molecule has 3 rings (SSSR count). The Morgan fingerprint density at radius 2 is 2.35 bits per heavy atom. The molecule has 4 heteroatoms. The highest BCUT2D eigenvalue weighted by atomic mass is 19.1. The van der Waals surface area contributed by atoms with Crippen molar-refractivity contribution < 1.29 is 4.39 Å². The van der Waals surface area contributed by atoms with Gasteiger partial charge in [-0.3, -0.25) is 0 Å². The molecule has 3 nitrogen and oxygen atoms in total. The Labute approximate surface area is 99.4 Å². The molecule has 2 N–H and O–H groups in total. The average molecular weight is 233 g/mol. The quantitative estimate of drug-likeness (QED) is 0.835. The minimum absolute atomic E-state index is 0.216. The molecule has 1 saturated heterocycles. The van der Waals surface area contributed by atoms with Crippen molar-refractivity contribution in [3.8, 4) is 0 Å². The van der Waals surface area contributed by atoms with Crippen LogP contribution in [-0.2, 0) is 6.42 Å². The number of hydrogen-bond donors (Lipinski definition) is 2. The van der Waals surface area contributed by atoms with E-state index in [0.717, 1.165) is 36.4 Å². The Morgan fingerprint density at radius 1 is 1.41 bits per heavy atom. The van der Waals surface area contributed by atoms with E-state index in [0.29, 0.717) is 5.92 Å². The minimum Gasteiger partial charge on any atom is -0.342 e. The van der Waals surface area contributed by atoms with Crippen molar-refractivity contribution in [1.29, 1.82) is 0 Å². The lowest BCUT2D eigenvalue weighted by Crippen LogP contribution is -2.31. The lowest BCUT2D eigenvalue weighted by Gasteiger charge is -2.21. The lowest BCUT2D eigenvalue weighted by molar-refractivity contribution is 0.371. The summed E-state index contributed by atoms with van der Waals surface area (Å²) in [4.78, 5) is 7.70. The number of nitrogens with one attached hydrogen (secondary N) is 2. The lowest BCUT2D eigenvalue weighted by atomic mass is 9.96. The molecule has 1 atom stereocenters. The zero-order valence-electron chi connectivity index (χ0n) is 9.67. The van der Waals surface area contributed by atoms with Gasteiger partial charge in [0, 0.05) is 6.42 Å². The first kappa shape index (κ1) is 10.7. The van der Waals surface area contributed by atoms with Crippen LogP contribution >= 0.6 is 0 Å². The van der Waals surface area contributed by atoms with E-state index in [1.807, 2.05) is 0 Å². The Bertz CT molecular complexity index is 514. The number of halogens is 1. The highest BCUT2D eigenvalue weighted by molar-refractivity contribution is 5.74. The number of benzene rings is 1. The van der Waals surface area contributed by atoms with Crippen LogP contribution in [0.15, 0.2) is 18.2 Å². The van der Waals surface area contributed by atoms with E-state index in [1.54, 1.807) is 6.07 Å². The van der Waals surface area contributed by atoms with E-state index in [1.165, 1.54) is 25.0 Å². The van der Waals surface area contributed by atoms with Gasteiger partial charge in [-0.05, 0) is 50.0 Å². The zero-order valence-corrected chi connectivity index (χ0v) is 9.67. The summed E-state index contributed by atoms with van der Waals surface area (Å²) in [6.07, 6.45) is 3.43. The van der Waals surface area contributed by atoms with Gasteiger partial charge >= 0.3 is 0 Å². The van der Waals surface area contributed by atoms with Gasteiger partial charge in [0.25, 0.3) is 0 Å². The third-order valence-corrected chi connectivity index (χ3v) is 3.37. The molecule has 0 bridgehead atoms. The normalized spacial score (nSPS) is 20.9. The maximum Gasteiger partial charge on any atom is 0.125 e. The van der Waals surface area contributed by atoms with Crippen LogP contribution in [-0.4, -0.2) is 23.1 Å². The van der Waals surface area contributed by atoms with Crippen LogP contribution in [0.4, 0.5) is 4.39 Å². The molecule has 0 saturated carbocycles. The highest BCUT2D eigenvalue weighted by Crippen LogP contribution is 2.18. The summed E-state index contributed by atoms with van der Waals surface area (Å²) in [6.45, 7) is 2.19. The Morgan fingerprint density at radius 3 is 3.18 bits per heavy atom. The van der Waals surface area contributed by atoms with Crippen LogP contribution in [0.5, 0.6) is 0 Å². The zero-order chi connectivity index (χ0) is 11.7. The number of H-pyrrole nitrogens is 1. The first-order valence-electron chi connectivity index (χ1n) is 6.16. The van der Waals surface area contributed by atoms with Crippen LogP contribution in [0, 0.1) is 11.7 Å². The molecule has 17 heavy (non-hydrogen) atoms. The first-order chi connectivity index (χ1) is 8.31. The SMILES string of the molecule is Fc1ccc2nc(C[C@@H]3CCCNC3)[nH]c2c1. The van der Waals surface area contributed by atoms with Gasteiger partial charge in [-0.15, -0.1) is 0 Å². The van der Waals surface area contributed by atoms with Gasteiger partial charge < -0.3 is 10.3 Å². The summed E-state index contributed by atoms with van der Waals surface area (Å²) in [6, 6.07) is 4.68. The molecular weight excluding hydrogens is 217 g/mol. The van der Waals surface area contributed by atoms with E-state index in [9.17, 15) is 4.39 Å². The molecule has 0 radical (unpaired) electrons. The summed E-state index contributed by atoms with van der Waals surface area (Å²) in [7, 11) is 0. The van der Waals surface area contributed by atoms with Gasteiger partial charge in [-0.1, -0.05) is 0 Å². The van der Waals surface area contributed by atoms with E-state index < -0.39 is 0 Å². The molecular formula is C13H16FN3. The van der Waals surface area contributed by atoms with E-state index in [-0.39, 0.29) is 5.82 Å². The number of fused-ring (bicyclic) bond motifs is 1. The smallest absolute Gasteiger partial charge is 0.125 e. The standard InChI is InChI=1S/C13H16FN3/c14-10-3-4-11-12(7-10)17-13(16-11)6-9-2-1-5-15-8-9/h3-4,7,9,15H,1-2,5-6,8H2,(H,16,17)/t9-/m0/s1. The van der Waals surface area contributed by atoms with Crippen molar-refractivity contribution in [3.63, 3.8) is 0 Å². The number of nitrogens with zero attached hydrogens (tertiary/aromatic N) is 1. The maximum absolute atomic E-state index is 13.0. The summed E-state index contributed by atoms with van der Waals surface area (Å²) >= 11 is 0. The monoisotopic (exact) mass is 233 g/mol. The molecule has 1 aliphatic heterocycles. The fourth-order valence-electron chi connectivity index (χ4n) is 2.50. The number of rotatable bonds is 2. The Hall–Kier alpha value is -1.42. The molecule has 0 spiro atoms. The molecule has 1 aliphatic rings. The molecule has 0 amide bonds. The van der Waals surface area contributed by atoms with Gasteiger partial charge in [0.2, 0.25) is 0 Å². The maximum atomic E-state index is 13.0. The van der Waals surface area contributed by atoms with Gasteiger partial charge in [-0.25, -0.2) is 9.37 Å². The molecule has 1 fully saturated rings. The van der Waals surface area contributed by atoms with Crippen LogP contribution in [0.1, 0.15) is 18.7 Å². The van der Waals surface area contributed by atoms with Crippen molar-refractivity contribution in [1.82, 2.24) is 15.3 Å². The van der Waals surface area contributed by atoms with Gasteiger partial charge in [0.1, 0.15) is 11.6 Å². The molecule has 0 unspecified atom stereocenters. The fourth-order valence-corrected chi connectivity index (χ4v) is 2.50. The van der Waals surface area contributed by atoms with Crippen LogP contribution in [0.25, 0.3) is 11.0 Å². The molecule has 1 aromatic heterocycles. The van der Waals surface area contributed by atoms with Crippen molar-refractivity contribution in [2.45, 2.75) is 19.3 Å². The molecule has 1 aromatic carbocycles. The predicted octanol–water partition coefficient (Wildman–Crippen LogP) is 2.24. The van der Waals surface area contributed by atoms with Crippen LogP contribution < -0.4 is 5.32 Å². The second kappa shape index (κ2) is 4.45. The largest absolute Gasteiger partial charge is 0.342 e. The Kier molecular flexibility index (Phi) is 2.81. The molecule has 2 heterocycles. The minimum atomic E-state index is -0.216. The second-order valence-corrected chi connectivity index (χ2v) is 4.76.